The summed E-state index contributed by atoms with van der Waals surface area (Å²) in [5.41, 5.74) is -1.18. The molecule has 1 aromatic heterocycles. The molecule has 0 aliphatic heterocycles. The van der Waals surface area contributed by atoms with Crippen LogP contribution in [0.1, 0.15) is 5.69 Å². The Hall–Kier alpha value is -1.83. The van der Waals surface area contributed by atoms with E-state index in [0.717, 1.165) is 6.07 Å². The molecule has 0 unspecified atom stereocenters. The van der Waals surface area contributed by atoms with Gasteiger partial charge in [0.2, 0.25) is 5.88 Å². The number of ether oxygens (including phenoxy) is 1. The van der Waals surface area contributed by atoms with E-state index in [9.17, 15) is 17.6 Å². The molecule has 2 rings (SSSR count). The Kier molecular flexibility index (Phi) is 3.61. The number of thiol groups is 1. The van der Waals surface area contributed by atoms with Crippen LogP contribution in [0.2, 0.25) is 0 Å². The third kappa shape index (κ3) is 3.57. The second-order valence-corrected chi connectivity index (χ2v) is 3.85. The first kappa shape index (κ1) is 13.6. The van der Waals surface area contributed by atoms with Crippen molar-refractivity contribution in [3.05, 3.63) is 41.8 Å². The van der Waals surface area contributed by atoms with Crippen molar-refractivity contribution < 1.29 is 22.3 Å². The van der Waals surface area contributed by atoms with E-state index in [1.165, 1.54) is 18.2 Å². The average molecular weight is 290 g/mol. The van der Waals surface area contributed by atoms with Crippen molar-refractivity contribution in [1.29, 1.82) is 0 Å². The SMILES string of the molecule is Fc1cccc(Oc2cc(C(F)(F)F)nc(S)n2)c1. The lowest BCUT2D eigenvalue weighted by Gasteiger charge is -2.09. The molecule has 0 fully saturated rings. The van der Waals surface area contributed by atoms with Gasteiger partial charge >= 0.3 is 6.18 Å². The third-order valence-electron chi connectivity index (χ3n) is 2.00. The van der Waals surface area contributed by atoms with Crippen LogP contribution in [0.3, 0.4) is 0 Å². The summed E-state index contributed by atoms with van der Waals surface area (Å²) >= 11 is 3.67. The zero-order chi connectivity index (χ0) is 14.0. The number of hydrogen-bond acceptors (Lipinski definition) is 4. The minimum absolute atomic E-state index is 0.0274. The van der Waals surface area contributed by atoms with E-state index in [2.05, 4.69) is 22.6 Å². The van der Waals surface area contributed by atoms with Crippen LogP contribution < -0.4 is 4.74 Å². The lowest BCUT2D eigenvalue weighted by Crippen LogP contribution is -2.09. The van der Waals surface area contributed by atoms with Crippen molar-refractivity contribution in [1.82, 2.24) is 9.97 Å². The summed E-state index contributed by atoms with van der Waals surface area (Å²) in [6, 6.07) is 5.56. The average Bonchev–Trinajstić information content (AvgIpc) is 2.26. The molecule has 0 aliphatic rings. The van der Waals surface area contributed by atoms with Gasteiger partial charge in [-0.15, -0.1) is 12.6 Å². The van der Waals surface area contributed by atoms with Crippen LogP contribution in [0.5, 0.6) is 11.6 Å². The molecule has 0 spiro atoms. The van der Waals surface area contributed by atoms with E-state index in [-0.39, 0.29) is 16.8 Å². The molecule has 0 radical (unpaired) electrons. The number of aromatic nitrogens is 2. The number of alkyl halides is 3. The number of halogens is 4. The zero-order valence-corrected chi connectivity index (χ0v) is 10.0. The van der Waals surface area contributed by atoms with Crippen molar-refractivity contribution in [2.75, 3.05) is 0 Å². The summed E-state index contributed by atoms with van der Waals surface area (Å²) in [6.45, 7) is 0. The van der Waals surface area contributed by atoms with Gasteiger partial charge in [-0.25, -0.2) is 9.37 Å². The Morgan fingerprint density at radius 2 is 1.84 bits per heavy atom. The monoisotopic (exact) mass is 290 g/mol. The molecule has 0 saturated heterocycles. The molecular formula is C11H6F4N2OS. The normalized spacial score (nSPS) is 11.4. The first-order valence-corrected chi connectivity index (χ1v) is 5.38. The van der Waals surface area contributed by atoms with Crippen LogP contribution in [-0.2, 0) is 6.18 Å². The van der Waals surface area contributed by atoms with Crippen LogP contribution in [0.25, 0.3) is 0 Å². The number of nitrogens with zero attached hydrogens (tertiary/aromatic N) is 2. The third-order valence-corrected chi connectivity index (χ3v) is 2.20. The van der Waals surface area contributed by atoms with Crippen LogP contribution >= 0.6 is 12.6 Å². The molecule has 2 aromatic rings. The minimum atomic E-state index is -4.64. The summed E-state index contributed by atoms with van der Waals surface area (Å²) in [5, 5.41) is -0.388. The van der Waals surface area contributed by atoms with Gasteiger partial charge in [-0.1, -0.05) is 6.07 Å². The Labute approximate surface area is 110 Å². The maximum absolute atomic E-state index is 12.9. The highest BCUT2D eigenvalue weighted by atomic mass is 32.1. The Morgan fingerprint density at radius 3 is 2.47 bits per heavy atom. The van der Waals surface area contributed by atoms with E-state index in [1.54, 1.807) is 0 Å². The first-order chi connectivity index (χ1) is 8.84. The second kappa shape index (κ2) is 5.04. The summed E-state index contributed by atoms with van der Waals surface area (Å²) in [4.78, 5) is 6.72. The van der Waals surface area contributed by atoms with Crippen molar-refractivity contribution in [3.63, 3.8) is 0 Å². The largest absolute Gasteiger partial charge is 0.439 e. The topological polar surface area (TPSA) is 35.0 Å². The maximum Gasteiger partial charge on any atom is 0.433 e. The van der Waals surface area contributed by atoms with Gasteiger partial charge in [0.15, 0.2) is 10.9 Å². The fourth-order valence-electron chi connectivity index (χ4n) is 1.26. The molecule has 100 valence electrons. The molecule has 3 nitrogen and oxygen atoms in total. The number of rotatable bonds is 2. The van der Waals surface area contributed by atoms with Gasteiger partial charge in [0.1, 0.15) is 11.6 Å². The van der Waals surface area contributed by atoms with Crippen molar-refractivity contribution >= 4 is 12.6 Å². The Morgan fingerprint density at radius 1 is 1.11 bits per heavy atom. The second-order valence-electron chi connectivity index (χ2n) is 3.45. The van der Waals surface area contributed by atoms with Crippen LogP contribution in [-0.4, -0.2) is 9.97 Å². The molecule has 0 N–H and O–H groups in total. The lowest BCUT2D eigenvalue weighted by molar-refractivity contribution is -0.141. The van der Waals surface area contributed by atoms with Gasteiger partial charge < -0.3 is 4.74 Å². The Bertz CT molecular complexity index is 603. The highest BCUT2D eigenvalue weighted by Gasteiger charge is 2.33. The van der Waals surface area contributed by atoms with Gasteiger partial charge in [-0.05, 0) is 12.1 Å². The van der Waals surface area contributed by atoms with E-state index in [0.29, 0.717) is 6.07 Å². The lowest BCUT2D eigenvalue weighted by atomic mass is 10.3. The highest BCUT2D eigenvalue weighted by Crippen LogP contribution is 2.31. The molecule has 0 bridgehead atoms. The van der Waals surface area contributed by atoms with Crippen molar-refractivity contribution in [2.45, 2.75) is 11.3 Å². The van der Waals surface area contributed by atoms with Gasteiger partial charge in [0.25, 0.3) is 0 Å². The predicted molar refractivity (Wildman–Crippen MR) is 60.8 cm³/mol. The molecule has 0 atom stereocenters. The van der Waals surface area contributed by atoms with Crippen molar-refractivity contribution in [2.24, 2.45) is 0 Å². The zero-order valence-electron chi connectivity index (χ0n) is 9.15. The standard InChI is InChI=1S/C11H6F4N2OS/c12-6-2-1-3-7(4-6)18-9-5-8(11(13,14)15)16-10(19)17-9/h1-5H,(H,16,17,19). The van der Waals surface area contributed by atoms with E-state index in [1.807, 2.05) is 0 Å². The summed E-state index contributed by atoms with van der Waals surface area (Å²) in [6.07, 6.45) is -4.64. The van der Waals surface area contributed by atoms with E-state index >= 15 is 0 Å². The fourth-order valence-corrected chi connectivity index (χ4v) is 1.47. The van der Waals surface area contributed by atoms with Gasteiger partial charge in [0, 0.05) is 12.1 Å². The van der Waals surface area contributed by atoms with Gasteiger partial charge in [-0.3, -0.25) is 0 Å². The van der Waals surface area contributed by atoms with Gasteiger partial charge in [0.05, 0.1) is 0 Å². The quantitative estimate of drug-likeness (QED) is 0.520. The van der Waals surface area contributed by atoms with Crippen molar-refractivity contribution in [3.8, 4) is 11.6 Å². The summed E-state index contributed by atoms with van der Waals surface area (Å²) < 4.78 is 55.5. The first-order valence-electron chi connectivity index (χ1n) is 4.93. The predicted octanol–water partition coefficient (Wildman–Crippen LogP) is 3.72. The van der Waals surface area contributed by atoms with Crippen LogP contribution in [0.4, 0.5) is 17.6 Å². The fraction of sp³-hybridized carbons (Fsp3) is 0.0909. The molecule has 0 amide bonds. The summed E-state index contributed by atoms with van der Waals surface area (Å²) in [5.74, 6) is -0.911. The minimum Gasteiger partial charge on any atom is -0.439 e. The van der Waals surface area contributed by atoms with E-state index < -0.39 is 17.7 Å². The molecule has 0 aliphatic carbocycles. The molecule has 19 heavy (non-hydrogen) atoms. The molecule has 1 heterocycles. The number of hydrogen-bond donors (Lipinski definition) is 1. The van der Waals surface area contributed by atoms with Crippen LogP contribution in [0, 0.1) is 5.82 Å². The smallest absolute Gasteiger partial charge is 0.433 e. The Balaban J connectivity index is 2.33. The molecule has 8 heteroatoms. The van der Waals surface area contributed by atoms with E-state index in [4.69, 9.17) is 4.74 Å². The number of benzene rings is 1. The molecular weight excluding hydrogens is 284 g/mol. The molecule has 1 aromatic carbocycles. The highest BCUT2D eigenvalue weighted by molar-refractivity contribution is 7.80. The maximum atomic E-state index is 12.9. The summed E-state index contributed by atoms with van der Waals surface area (Å²) in [7, 11) is 0. The van der Waals surface area contributed by atoms with Crippen LogP contribution in [0.15, 0.2) is 35.5 Å². The van der Waals surface area contributed by atoms with Gasteiger partial charge in [-0.2, -0.15) is 18.2 Å². The molecule has 0 saturated carbocycles.